The van der Waals surface area contributed by atoms with Crippen molar-refractivity contribution in [1.29, 1.82) is 0 Å². The van der Waals surface area contributed by atoms with E-state index in [4.69, 9.17) is 15.0 Å². The Morgan fingerprint density at radius 1 is 0.280 bits per heavy atom. The van der Waals surface area contributed by atoms with Gasteiger partial charge in [0.05, 0.1) is 22.6 Å². The summed E-state index contributed by atoms with van der Waals surface area (Å²) in [5.74, 6) is 0.723. The fourth-order valence-corrected chi connectivity index (χ4v) is 6.71. The lowest BCUT2D eigenvalue weighted by Gasteiger charge is -2.13. The molecule has 0 fully saturated rings. The SMILES string of the molecule is c1ccc(-c2cc(-c3ccccc3)nc(-c3cccc(-c4ccc(-c5nc(-c6ccccc6)nc6c5ccc5ccccc56)cc4)c3)c2)cc1. The smallest absolute Gasteiger partial charge is 0.160 e. The molecule has 0 saturated heterocycles. The first-order chi connectivity index (χ1) is 24.8. The first kappa shape index (κ1) is 29.4. The van der Waals surface area contributed by atoms with Crippen molar-refractivity contribution in [1.82, 2.24) is 15.0 Å². The number of hydrogen-bond donors (Lipinski definition) is 0. The Bertz CT molecular complexity index is 2560. The van der Waals surface area contributed by atoms with Gasteiger partial charge >= 0.3 is 0 Å². The summed E-state index contributed by atoms with van der Waals surface area (Å²) in [6.07, 6.45) is 0. The first-order valence-electron chi connectivity index (χ1n) is 16.9. The van der Waals surface area contributed by atoms with Crippen LogP contribution in [-0.2, 0) is 0 Å². The molecule has 0 N–H and O–H groups in total. The average molecular weight is 638 g/mol. The van der Waals surface area contributed by atoms with Crippen LogP contribution in [0.5, 0.6) is 0 Å². The van der Waals surface area contributed by atoms with Gasteiger partial charge in [0, 0.05) is 33.0 Å². The van der Waals surface area contributed by atoms with E-state index in [0.29, 0.717) is 0 Å². The van der Waals surface area contributed by atoms with Gasteiger partial charge in [-0.1, -0.05) is 164 Å². The third-order valence-electron chi connectivity index (χ3n) is 9.28. The number of pyridine rings is 1. The van der Waals surface area contributed by atoms with Crippen LogP contribution in [0.2, 0.25) is 0 Å². The number of nitrogens with zero attached hydrogens (tertiary/aromatic N) is 3. The third kappa shape index (κ3) is 5.61. The fraction of sp³-hybridized carbons (Fsp3) is 0. The van der Waals surface area contributed by atoms with Crippen molar-refractivity contribution in [3.05, 3.63) is 188 Å². The molecule has 2 aromatic heterocycles. The molecule has 0 spiro atoms. The Labute approximate surface area is 291 Å². The summed E-state index contributed by atoms with van der Waals surface area (Å²) in [6, 6.07) is 65.6. The second-order valence-corrected chi connectivity index (χ2v) is 12.5. The largest absolute Gasteiger partial charge is 0.248 e. The van der Waals surface area contributed by atoms with Crippen molar-refractivity contribution in [2.24, 2.45) is 0 Å². The molecule has 0 saturated carbocycles. The number of benzene rings is 7. The van der Waals surface area contributed by atoms with Gasteiger partial charge in [-0.15, -0.1) is 0 Å². The topological polar surface area (TPSA) is 38.7 Å². The Morgan fingerprint density at radius 2 is 0.840 bits per heavy atom. The van der Waals surface area contributed by atoms with E-state index in [2.05, 4.69) is 164 Å². The molecule has 2 heterocycles. The second kappa shape index (κ2) is 12.7. The molecule has 7 aromatic carbocycles. The van der Waals surface area contributed by atoms with Gasteiger partial charge in [0.15, 0.2) is 5.82 Å². The van der Waals surface area contributed by atoms with Crippen LogP contribution in [0.4, 0.5) is 0 Å². The van der Waals surface area contributed by atoms with Gasteiger partial charge in [0.2, 0.25) is 0 Å². The summed E-state index contributed by atoms with van der Waals surface area (Å²) in [5, 5.41) is 3.33. The Morgan fingerprint density at radius 3 is 1.58 bits per heavy atom. The lowest BCUT2D eigenvalue weighted by atomic mass is 9.96. The molecule has 0 aliphatic heterocycles. The molecule has 234 valence electrons. The molecule has 0 amide bonds. The number of aromatic nitrogens is 3. The monoisotopic (exact) mass is 637 g/mol. The van der Waals surface area contributed by atoms with Crippen LogP contribution >= 0.6 is 0 Å². The van der Waals surface area contributed by atoms with Crippen LogP contribution in [0, 0.1) is 0 Å². The Balaban J connectivity index is 1.12. The van der Waals surface area contributed by atoms with E-state index in [-0.39, 0.29) is 0 Å². The second-order valence-electron chi connectivity index (χ2n) is 12.5. The molecule has 3 heteroatoms. The van der Waals surface area contributed by atoms with Gasteiger partial charge in [0.25, 0.3) is 0 Å². The molecule has 50 heavy (non-hydrogen) atoms. The van der Waals surface area contributed by atoms with Gasteiger partial charge in [-0.05, 0) is 51.9 Å². The molecule has 0 radical (unpaired) electrons. The first-order valence-corrected chi connectivity index (χ1v) is 16.9. The molecule has 9 aromatic rings. The van der Waals surface area contributed by atoms with Crippen LogP contribution in [0.25, 0.3) is 89.1 Å². The normalized spacial score (nSPS) is 11.2. The quantitative estimate of drug-likeness (QED) is 0.170. The average Bonchev–Trinajstić information content (AvgIpc) is 3.21. The lowest BCUT2D eigenvalue weighted by molar-refractivity contribution is 1.23. The zero-order chi connectivity index (χ0) is 33.3. The van der Waals surface area contributed by atoms with Crippen LogP contribution < -0.4 is 0 Å². The van der Waals surface area contributed by atoms with E-state index >= 15 is 0 Å². The van der Waals surface area contributed by atoms with Crippen LogP contribution in [0.1, 0.15) is 0 Å². The van der Waals surface area contributed by atoms with Crippen molar-refractivity contribution in [2.45, 2.75) is 0 Å². The maximum atomic E-state index is 5.16. The Kier molecular flexibility index (Phi) is 7.49. The summed E-state index contributed by atoms with van der Waals surface area (Å²) < 4.78 is 0. The zero-order valence-electron chi connectivity index (χ0n) is 27.2. The lowest BCUT2D eigenvalue weighted by Crippen LogP contribution is -1.96. The minimum Gasteiger partial charge on any atom is -0.248 e. The van der Waals surface area contributed by atoms with Gasteiger partial charge in [0.1, 0.15) is 0 Å². The van der Waals surface area contributed by atoms with Crippen molar-refractivity contribution < 1.29 is 0 Å². The molecular weight excluding hydrogens is 607 g/mol. The molecule has 0 aliphatic carbocycles. The summed E-state index contributed by atoms with van der Waals surface area (Å²) in [7, 11) is 0. The van der Waals surface area contributed by atoms with Crippen molar-refractivity contribution >= 4 is 21.7 Å². The van der Waals surface area contributed by atoms with E-state index < -0.39 is 0 Å². The Hall–Kier alpha value is -6.71. The molecular formula is C47H31N3. The highest BCUT2D eigenvalue weighted by Gasteiger charge is 2.15. The van der Waals surface area contributed by atoms with Crippen LogP contribution in [-0.4, -0.2) is 15.0 Å². The van der Waals surface area contributed by atoms with E-state index in [1.807, 2.05) is 24.3 Å². The summed E-state index contributed by atoms with van der Waals surface area (Å²) in [4.78, 5) is 15.4. The molecule has 3 nitrogen and oxygen atoms in total. The summed E-state index contributed by atoms with van der Waals surface area (Å²) in [6.45, 7) is 0. The van der Waals surface area contributed by atoms with Gasteiger partial charge in [-0.2, -0.15) is 0 Å². The highest BCUT2D eigenvalue weighted by molar-refractivity contribution is 6.09. The molecule has 9 rings (SSSR count). The van der Waals surface area contributed by atoms with Crippen molar-refractivity contribution in [3.63, 3.8) is 0 Å². The minimum atomic E-state index is 0.723. The van der Waals surface area contributed by atoms with E-state index in [9.17, 15) is 0 Å². The summed E-state index contributed by atoms with van der Waals surface area (Å²) >= 11 is 0. The van der Waals surface area contributed by atoms with E-state index in [1.165, 1.54) is 10.9 Å². The van der Waals surface area contributed by atoms with Gasteiger partial charge in [-0.25, -0.2) is 15.0 Å². The standard InChI is InChI=1S/C47H31N3/c1-4-13-32(14-5-1)40-30-43(35-16-6-2-7-17-35)48-44(31-40)39-21-12-20-38(29-39)33-23-25-36(26-24-33)45-42-28-27-34-15-10-11-22-41(34)46(42)50-47(49-45)37-18-8-3-9-19-37/h1-31H. The van der Waals surface area contributed by atoms with E-state index in [1.54, 1.807) is 0 Å². The highest BCUT2D eigenvalue weighted by atomic mass is 14.9. The molecule has 0 atom stereocenters. The molecule has 0 unspecified atom stereocenters. The number of hydrogen-bond acceptors (Lipinski definition) is 3. The van der Waals surface area contributed by atoms with Crippen molar-refractivity contribution in [2.75, 3.05) is 0 Å². The predicted octanol–water partition coefficient (Wildman–Crippen LogP) is 12.2. The van der Waals surface area contributed by atoms with Crippen LogP contribution in [0.15, 0.2) is 188 Å². The fourth-order valence-electron chi connectivity index (χ4n) is 6.71. The number of fused-ring (bicyclic) bond motifs is 3. The zero-order valence-corrected chi connectivity index (χ0v) is 27.2. The van der Waals surface area contributed by atoms with Crippen LogP contribution in [0.3, 0.4) is 0 Å². The maximum Gasteiger partial charge on any atom is 0.160 e. The van der Waals surface area contributed by atoms with Gasteiger partial charge < -0.3 is 0 Å². The van der Waals surface area contributed by atoms with Crippen molar-refractivity contribution in [3.8, 4) is 67.4 Å². The van der Waals surface area contributed by atoms with E-state index in [0.717, 1.165) is 78.1 Å². The predicted molar refractivity (Wildman–Crippen MR) is 207 cm³/mol. The molecule has 0 bridgehead atoms. The maximum absolute atomic E-state index is 5.16. The highest BCUT2D eigenvalue weighted by Crippen LogP contribution is 2.36. The third-order valence-corrected chi connectivity index (χ3v) is 9.28. The summed E-state index contributed by atoms with van der Waals surface area (Å²) in [5.41, 5.74) is 12.6. The number of rotatable bonds is 6. The minimum absolute atomic E-state index is 0.723. The van der Waals surface area contributed by atoms with Gasteiger partial charge in [-0.3, -0.25) is 0 Å². The molecule has 0 aliphatic rings.